The van der Waals surface area contributed by atoms with E-state index in [0.29, 0.717) is 38.9 Å². The first kappa shape index (κ1) is 22.8. The van der Waals surface area contributed by atoms with Gasteiger partial charge in [-0.15, -0.1) is 0 Å². The molecule has 1 N–H and O–H groups in total. The molecule has 33 heavy (non-hydrogen) atoms. The lowest BCUT2D eigenvalue weighted by Gasteiger charge is -2.28. The van der Waals surface area contributed by atoms with Crippen LogP contribution in [0.5, 0.6) is 0 Å². The SMILES string of the molecule is CC(C)(CCCOC(=O)N1CCc2c(n(Cc3cccc(F)c3)c3ncccc23)C1)C(=O)O. The molecule has 4 rings (SSSR count). The van der Waals surface area contributed by atoms with Crippen LogP contribution in [-0.2, 0) is 29.0 Å². The highest BCUT2D eigenvalue weighted by Crippen LogP contribution is 2.31. The van der Waals surface area contributed by atoms with Crippen LogP contribution in [0.4, 0.5) is 9.18 Å². The number of carboxylic acid groups (broad SMARTS) is 1. The zero-order valence-electron chi connectivity index (χ0n) is 18.9. The van der Waals surface area contributed by atoms with Crippen LogP contribution >= 0.6 is 0 Å². The molecule has 2 aromatic heterocycles. The molecule has 8 heteroatoms. The molecule has 0 saturated heterocycles. The van der Waals surface area contributed by atoms with Crippen molar-refractivity contribution < 1.29 is 23.8 Å². The summed E-state index contributed by atoms with van der Waals surface area (Å²) in [5, 5.41) is 10.3. The van der Waals surface area contributed by atoms with Gasteiger partial charge in [-0.2, -0.15) is 0 Å². The predicted octanol–water partition coefficient (Wildman–Crippen LogP) is 4.61. The number of carbonyl (C=O) groups excluding carboxylic acids is 1. The fraction of sp³-hybridized carbons (Fsp3) is 0.400. The number of aromatic nitrogens is 2. The van der Waals surface area contributed by atoms with Gasteiger partial charge in [0.15, 0.2) is 0 Å². The summed E-state index contributed by atoms with van der Waals surface area (Å²) >= 11 is 0. The van der Waals surface area contributed by atoms with Crippen molar-refractivity contribution >= 4 is 23.1 Å². The van der Waals surface area contributed by atoms with E-state index in [9.17, 15) is 19.1 Å². The molecule has 1 aliphatic rings. The molecule has 1 aromatic carbocycles. The van der Waals surface area contributed by atoms with Crippen LogP contribution in [0.2, 0.25) is 0 Å². The number of hydrogen-bond acceptors (Lipinski definition) is 4. The minimum Gasteiger partial charge on any atom is -0.481 e. The number of benzene rings is 1. The monoisotopic (exact) mass is 453 g/mol. The third-order valence-electron chi connectivity index (χ3n) is 6.25. The Labute approximate surface area is 191 Å². The van der Waals surface area contributed by atoms with E-state index in [2.05, 4.69) is 4.98 Å². The minimum atomic E-state index is -0.864. The van der Waals surface area contributed by atoms with Gasteiger partial charge in [0.25, 0.3) is 0 Å². The van der Waals surface area contributed by atoms with Crippen LogP contribution in [0.25, 0.3) is 11.0 Å². The van der Waals surface area contributed by atoms with Gasteiger partial charge in [0.1, 0.15) is 11.5 Å². The Morgan fingerprint density at radius 2 is 2.06 bits per heavy atom. The van der Waals surface area contributed by atoms with Gasteiger partial charge < -0.3 is 19.3 Å². The highest BCUT2D eigenvalue weighted by molar-refractivity contribution is 5.83. The molecule has 0 fully saturated rings. The fourth-order valence-corrected chi connectivity index (χ4v) is 4.28. The summed E-state index contributed by atoms with van der Waals surface area (Å²) in [6.07, 6.45) is 2.90. The summed E-state index contributed by atoms with van der Waals surface area (Å²) in [5.74, 6) is -1.15. The molecule has 174 valence electrons. The zero-order chi connectivity index (χ0) is 23.6. The normalized spacial score (nSPS) is 13.7. The van der Waals surface area contributed by atoms with Crippen molar-refractivity contribution in [2.24, 2.45) is 5.41 Å². The topological polar surface area (TPSA) is 84.7 Å². The third-order valence-corrected chi connectivity index (χ3v) is 6.25. The standard InChI is InChI=1S/C25H28FN3O4/c1-25(2,23(30)31)10-5-13-33-24(32)28-12-9-19-20-8-4-11-27-22(20)29(21(19)16-28)15-17-6-3-7-18(26)14-17/h3-4,6-8,11,14H,5,9-10,12-13,15-16H2,1-2H3,(H,30,31). The number of carboxylic acids is 1. The molecule has 0 bridgehead atoms. The first-order valence-corrected chi connectivity index (χ1v) is 11.1. The van der Waals surface area contributed by atoms with Crippen LogP contribution in [0.15, 0.2) is 42.6 Å². The van der Waals surface area contributed by atoms with Crippen LogP contribution < -0.4 is 0 Å². The van der Waals surface area contributed by atoms with Crippen LogP contribution in [0.1, 0.15) is 43.5 Å². The molecule has 0 atom stereocenters. The Morgan fingerprint density at radius 1 is 1.24 bits per heavy atom. The van der Waals surface area contributed by atoms with Gasteiger partial charge >= 0.3 is 12.1 Å². The number of pyridine rings is 1. The number of aliphatic carboxylic acids is 1. The van der Waals surface area contributed by atoms with Gasteiger partial charge in [0.05, 0.1) is 18.6 Å². The second-order valence-corrected chi connectivity index (χ2v) is 9.09. The molecule has 3 heterocycles. The quantitative estimate of drug-likeness (QED) is 0.528. The first-order chi connectivity index (χ1) is 15.8. The van der Waals surface area contributed by atoms with Crippen LogP contribution in [0, 0.1) is 11.2 Å². The number of amides is 1. The average Bonchev–Trinajstić information content (AvgIpc) is 3.09. The van der Waals surface area contributed by atoms with Crippen LogP contribution in [0.3, 0.4) is 0 Å². The number of halogens is 1. The first-order valence-electron chi connectivity index (χ1n) is 11.1. The molecule has 3 aromatic rings. The number of ether oxygens (including phenoxy) is 1. The van der Waals surface area contributed by atoms with Gasteiger partial charge in [-0.1, -0.05) is 12.1 Å². The Balaban J connectivity index is 1.49. The van der Waals surface area contributed by atoms with E-state index in [0.717, 1.165) is 27.9 Å². The van der Waals surface area contributed by atoms with Crippen molar-refractivity contribution in [1.82, 2.24) is 14.5 Å². The van der Waals surface area contributed by atoms with E-state index in [1.807, 2.05) is 22.8 Å². The van der Waals surface area contributed by atoms with E-state index in [4.69, 9.17) is 4.74 Å². The van der Waals surface area contributed by atoms with Gasteiger partial charge in [0.2, 0.25) is 0 Å². The highest BCUT2D eigenvalue weighted by Gasteiger charge is 2.29. The van der Waals surface area contributed by atoms with Gasteiger partial charge in [-0.3, -0.25) is 4.79 Å². The Hall–Kier alpha value is -3.42. The minimum absolute atomic E-state index is 0.173. The lowest BCUT2D eigenvalue weighted by molar-refractivity contribution is -0.147. The molecule has 0 aliphatic carbocycles. The van der Waals surface area contributed by atoms with Gasteiger partial charge in [0, 0.05) is 30.4 Å². The van der Waals surface area contributed by atoms with Crippen molar-refractivity contribution in [2.75, 3.05) is 13.2 Å². The summed E-state index contributed by atoms with van der Waals surface area (Å²) in [4.78, 5) is 30.2. The predicted molar refractivity (Wildman–Crippen MR) is 121 cm³/mol. The largest absolute Gasteiger partial charge is 0.481 e. The van der Waals surface area contributed by atoms with E-state index in [1.54, 1.807) is 31.0 Å². The van der Waals surface area contributed by atoms with E-state index in [1.165, 1.54) is 12.1 Å². The number of hydrogen-bond donors (Lipinski definition) is 1. The number of rotatable bonds is 7. The summed E-state index contributed by atoms with van der Waals surface area (Å²) in [5.41, 5.74) is 2.92. The second-order valence-electron chi connectivity index (χ2n) is 9.09. The van der Waals surface area contributed by atoms with Gasteiger partial charge in [-0.05, 0) is 68.5 Å². The number of carbonyl (C=O) groups is 2. The van der Waals surface area contributed by atoms with E-state index in [-0.39, 0.29) is 12.4 Å². The molecular formula is C25H28FN3O4. The van der Waals surface area contributed by atoms with Crippen LogP contribution in [-0.4, -0.2) is 44.8 Å². The molecular weight excluding hydrogens is 425 g/mol. The zero-order valence-corrected chi connectivity index (χ0v) is 18.9. The highest BCUT2D eigenvalue weighted by atomic mass is 19.1. The second kappa shape index (κ2) is 9.21. The maximum absolute atomic E-state index is 13.8. The molecule has 0 saturated carbocycles. The summed E-state index contributed by atoms with van der Waals surface area (Å²) < 4.78 is 21.2. The van der Waals surface area contributed by atoms with E-state index >= 15 is 0 Å². The molecule has 1 amide bonds. The molecule has 0 spiro atoms. The van der Waals surface area contributed by atoms with Crippen molar-refractivity contribution in [3.8, 4) is 0 Å². The summed E-state index contributed by atoms with van der Waals surface area (Å²) in [6, 6.07) is 10.4. The Bertz CT molecular complexity index is 1190. The molecule has 0 unspecified atom stereocenters. The van der Waals surface area contributed by atoms with Crippen molar-refractivity contribution in [3.63, 3.8) is 0 Å². The smallest absolute Gasteiger partial charge is 0.410 e. The lowest BCUT2D eigenvalue weighted by Crippen LogP contribution is -2.37. The van der Waals surface area contributed by atoms with Crippen molar-refractivity contribution in [1.29, 1.82) is 0 Å². The number of fused-ring (bicyclic) bond motifs is 3. The molecule has 1 aliphatic heterocycles. The Kier molecular flexibility index (Phi) is 6.35. The fourth-order valence-electron chi connectivity index (χ4n) is 4.28. The molecule has 0 radical (unpaired) electrons. The maximum atomic E-state index is 13.8. The molecule has 7 nitrogen and oxygen atoms in total. The third kappa shape index (κ3) is 4.84. The average molecular weight is 454 g/mol. The van der Waals surface area contributed by atoms with Gasteiger partial charge in [-0.25, -0.2) is 14.2 Å². The van der Waals surface area contributed by atoms with E-state index < -0.39 is 17.5 Å². The summed E-state index contributed by atoms with van der Waals surface area (Å²) in [7, 11) is 0. The lowest BCUT2D eigenvalue weighted by atomic mass is 9.88. The van der Waals surface area contributed by atoms with Crippen molar-refractivity contribution in [3.05, 3.63) is 65.2 Å². The van der Waals surface area contributed by atoms with Crippen molar-refractivity contribution in [2.45, 2.75) is 46.2 Å². The summed E-state index contributed by atoms with van der Waals surface area (Å²) in [6.45, 7) is 4.85. The number of nitrogens with zero attached hydrogens (tertiary/aromatic N) is 3. The maximum Gasteiger partial charge on any atom is 0.410 e. The Morgan fingerprint density at radius 3 is 2.82 bits per heavy atom.